The summed E-state index contributed by atoms with van der Waals surface area (Å²) < 4.78 is 0. The largest absolute Gasteiger partial charge is 0.398 e. The van der Waals surface area contributed by atoms with E-state index in [4.69, 9.17) is 10.8 Å². The van der Waals surface area contributed by atoms with Gasteiger partial charge in [0.25, 0.3) is 5.91 Å². The number of benzene rings is 2. The molecule has 1 heterocycles. The first-order chi connectivity index (χ1) is 12.1. The van der Waals surface area contributed by atoms with Crippen LogP contribution in [0.1, 0.15) is 36.2 Å². The maximum atomic E-state index is 12.5. The molecule has 0 spiro atoms. The predicted octanol–water partition coefficient (Wildman–Crippen LogP) is 3.37. The van der Waals surface area contributed by atoms with Gasteiger partial charge in [0.1, 0.15) is 0 Å². The third-order valence-corrected chi connectivity index (χ3v) is 4.52. The highest BCUT2D eigenvalue weighted by molar-refractivity contribution is 6.06. The maximum Gasteiger partial charge on any atom is 0.255 e. The Morgan fingerprint density at radius 2 is 1.88 bits per heavy atom. The second-order valence-electron chi connectivity index (χ2n) is 6.03. The molecule has 0 aromatic heterocycles. The number of nitrogen functional groups attached to an aromatic ring is 1. The molecule has 1 aliphatic rings. The zero-order valence-corrected chi connectivity index (χ0v) is 14.8. The first-order valence-corrected chi connectivity index (χ1v) is 8.73. The van der Waals surface area contributed by atoms with Gasteiger partial charge in [0, 0.05) is 31.7 Å². The molecular weight excluding hydrogens is 312 g/mol. The molecule has 2 N–H and O–H groups in total. The average Bonchev–Trinajstić information content (AvgIpc) is 3.13. The van der Waals surface area contributed by atoms with Crippen LogP contribution >= 0.6 is 0 Å². The van der Waals surface area contributed by atoms with E-state index in [2.05, 4.69) is 0 Å². The lowest BCUT2D eigenvalue weighted by Gasteiger charge is -2.19. The molecule has 130 valence electrons. The van der Waals surface area contributed by atoms with E-state index in [0.717, 1.165) is 29.9 Å². The molecule has 25 heavy (non-hydrogen) atoms. The van der Waals surface area contributed by atoms with Crippen LogP contribution in [-0.2, 0) is 0 Å². The van der Waals surface area contributed by atoms with Crippen LogP contribution in [0.5, 0.6) is 0 Å². The fraction of sp³-hybridized carbons (Fsp3) is 0.300. The minimum absolute atomic E-state index is 0.0201. The summed E-state index contributed by atoms with van der Waals surface area (Å²) in [5.74, 6) is -0.0201. The fourth-order valence-electron chi connectivity index (χ4n) is 3.06. The van der Waals surface area contributed by atoms with Crippen LogP contribution in [0, 0.1) is 0 Å². The highest BCUT2D eigenvalue weighted by Crippen LogP contribution is 2.24. The number of hydrogen-bond donors (Lipinski definition) is 1. The summed E-state index contributed by atoms with van der Waals surface area (Å²) in [5.41, 5.74) is 10.3. The van der Waals surface area contributed by atoms with Gasteiger partial charge in [0.2, 0.25) is 0 Å². The van der Waals surface area contributed by atoms with Gasteiger partial charge in [-0.3, -0.25) is 9.80 Å². The van der Waals surface area contributed by atoms with E-state index in [1.165, 1.54) is 0 Å². The summed E-state index contributed by atoms with van der Waals surface area (Å²) in [5, 5.41) is 6.71. The van der Waals surface area contributed by atoms with Crippen molar-refractivity contribution in [2.45, 2.75) is 20.3 Å². The van der Waals surface area contributed by atoms with Crippen LogP contribution < -0.4 is 10.7 Å². The van der Waals surface area contributed by atoms with Crippen molar-refractivity contribution in [3.05, 3.63) is 59.7 Å². The van der Waals surface area contributed by atoms with Gasteiger partial charge in [-0.25, -0.2) is 0 Å². The smallest absolute Gasteiger partial charge is 0.255 e. The number of rotatable bonds is 5. The van der Waals surface area contributed by atoms with Crippen molar-refractivity contribution >= 4 is 23.0 Å². The number of para-hydroxylation sites is 1. The molecule has 0 fully saturated rings. The Labute approximate surface area is 148 Å². The Bertz CT molecular complexity index is 782. The van der Waals surface area contributed by atoms with Crippen molar-refractivity contribution < 1.29 is 4.79 Å². The first-order valence-electron chi connectivity index (χ1n) is 8.73. The molecule has 0 saturated heterocycles. The van der Waals surface area contributed by atoms with Gasteiger partial charge in [-0.1, -0.05) is 24.3 Å². The molecule has 0 saturated carbocycles. The Morgan fingerprint density at radius 3 is 2.52 bits per heavy atom. The summed E-state index contributed by atoms with van der Waals surface area (Å²) >= 11 is 0. The number of carbonyl (C=O) groups is 1. The van der Waals surface area contributed by atoms with Crippen LogP contribution in [0.3, 0.4) is 0 Å². The third-order valence-electron chi connectivity index (χ3n) is 4.52. The van der Waals surface area contributed by atoms with Gasteiger partial charge in [-0.2, -0.15) is 5.10 Å². The predicted molar refractivity (Wildman–Crippen MR) is 103 cm³/mol. The normalized spacial score (nSPS) is 13.7. The van der Waals surface area contributed by atoms with Gasteiger partial charge >= 0.3 is 0 Å². The van der Waals surface area contributed by atoms with Crippen LogP contribution in [0.25, 0.3) is 0 Å². The van der Waals surface area contributed by atoms with Crippen molar-refractivity contribution in [3.8, 4) is 0 Å². The van der Waals surface area contributed by atoms with Crippen molar-refractivity contribution in [1.29, 1.82) is 0 Å². The Hall–Kier alpha value is -2.82. The van der Waals surface area contributed by atoms with E-state index in [1.807, 2.05) is 67.4 Å². The van der Waals surface area contributed by atoms with Gasteiger partial charge in [0.15, 0.2) is 0 Å². The van der Waals surface area contributed by atoms with Crippen molar-refractivity contribution in [2.24, 2.45) is 5.10 Å². The first kappa shape index (κ1) is 17.0. The summed E-state index contributed by atoms with van der Waals surface area (Å²) in [6.07, 6.45) is 0.859. The molecule has 0 unspecified atom stereocenters. The number of amides is 1. The van der Waals surface area contributed by atoms with Crippen molar-refractivity contribution in [2.75, 3.05) is 30.4 Å². The van der Waals surface area contributed by atoms with Gasteiger partial charge < -0.3 is 10.6 Å². The third kappa shape index (κ3) is 3.50. The SMILES string of the molecule is CCN(CC)C(=O)c1ccc(C2=NN(c3ccccc3)CC2)cc1N. The Balaban J connectivity index is 1.83. The minimum Gasteiger partial charge on any atom is -0.398 e. The van der Waals surface area contributed by atoms with Crippen molar-refractivity contribution in [1.82, 2.24) is 4.90 Å². The molecule has 5 nitrogen and oxygen atoms in total. The monoisotopic (exact) mass is 336 g/mol. The van der Waals surface area contributed by atoms with E-state index in [0.29, 0.717) is 24.3 Å². The number of hydrogen-bond acceptors (Lipinski definition) is 4. The number of hydrazone groups is 1. The maximum absolute atomic E-state index is 12.5. The zero-order chi connectivity index (χ0) is 17.8. The number of nitrogens with zero attached hydrogens (tertiary/aromatic N) is 3. The molecule has 0 radical (unpaired) electrons. The van der Waals surface area contributed by atoms with E-state index >= 15 is 0 Å². The Morgan fingerprint density at radius 1 is 1.16 bits per heavy atom. The van der Waals surface area contributed by atoms with Gasteiger partial charge in [-0.05, 0) is 43.7 Å². The zero-order valence-electron chi connectivity index (χ0n) is 14.8. The topological polar surface area (TPSA) is 61.9 Å². The highest BCUT2D eigenvalue weighted by Gasteiger charge is 2.20. The van der Waals surface area contributed by atoms with Gasteiger partial charge in [0.05, 0.1) is 17.0 Å². The average molecular weight is 336 g/mol. The molecule has 2 aromatic rings. The lowest BCUT2D eigenvalue weighted by molar-refractivity contribution is 0.0774. The quantitative estimate of drug-likeness (QED) is 0.852. The van der Waals surface area contributed by atoms with Crippen LogP contribution in [0.4, 0.5) is 11.4 Å². The van der Waals surface area contributed by atoms with E-state index in [1.54, 1.807) is 4.90 Å². The molecule has 1 amide bonds. The molecule has 5 heteroatoms. The Kier molecular flexibility index (Phi) is 5.03. The second-order valence-corrected chi connectivity index (χ2v) is 6.03. The lowest BCUT2D eigenvalue weighted by atomic mass is 10.0. The molecular formula is C20H24N4O. The molecule has 0 aliphatic carbocycles. The van der Waals surface area contributed by atoms with Crippen molar-refractivity contribution in [3.63, 3.8) is 0 Å². The number of anilines is 2. The molecule has 3 rings (SSSR count). The summed E-state index contributed by atoms with van der Waals surface area (Å²) in [7, 11) is 0. The van der Waals surface area contributed by atoms with Crippen LogP contribution in [-0.4, -0.2) is 36.2 Å². The van der Waals surface area contributed by atoms with Crippen LogP contribution in [0.15, 0.2) is 53.6 Å². The molecule has 0 atom stereocenters. The fourth-order valence-corrected chi connectivity index (χ4v) is 3.06. The minimum atomic E-state index is -0.0201. The van der Waals surface area contributed by atoms with E-state index in [9.17, 15) is 4.79 Å². The summed E-state index contributed by atoms with van der Waals surface area (Å²) in [4.78, 5) is 14.3. The standard InChI is InChI=1S/C20H24N4O/c1-3-23(4-2)20(25)17-11-10-15(14-18(17)21)19-12-13-24(22-19)16-8-6-5-7-9-16/h5-11,14H,3-4,12-13,21H2,1-2H3. The summed E-state index contributed by atoms with van der Waals surface area (Å²) in [6, 6.07) is 15.7. The van der Waals surface area contributed by atoms with E-state index < -0.39 is 0 Å². The molecule has 1 aliphatic heterocycles. The molecule has 0 bridgehead atoms. The highest BCUT2D eigenvalue weighted by atomic mass is 16.2. The van der Waals surface area contributed by atoms with Gasteiger partial charge in [-0.15, -0.1) is 0 Å². The number of nitrogens with two attached hydrogens (primary N) is 1. The summed E-state index contributed by atoms with van der Waals surface area (Å²) in [6.45, 7) is 6.14. The lowest BCUT2D eigenvalue weighted by Crippen LogP contribution is -2.31. The number of carbonyl (C=O) groups excluding carboxylic acids is 1. The van der Waals surface area contributed by atoms with Crippen LogP contribution in [0.2, 0.25) is 0 Å². The molecule has 2 aromatic carbocycles. The van der Waals surface area contributed by atoms with E-state index in [-0.39, 0.29) is 5.91 Å². The second kappa shape index (κ2) is 7.38.